The topological polar surface area (TPSA) is 95.2 Å². The van der Waals surface area contributed by atoms with E-state index in [1.54, 1.807) is 20.8 Å². The van der Waals surface area contributed by atoms with E-state index < -0.39 is 23.4 Å². The molecule has 1 aliphatic carbocycles. The molecule has 0 bridgehead atoms. The molecule has 28 heavy (non-hydrogen) atoms. The molecule has 0 radical (unpaired) electrons. The summed E-state index contributed by atoms with van der Waals surface area (Å²) in [6.07, 6.45) is -0.131. The summed E-state index contributed by atoms with van der Waals surface area (Å²) in [6.45, 7) is 11.6. The summed E-state index contributed by atoms with van der Waals surface area (Å²) in [5.41, 5.74) is 1.47. The van der Waals surface area contributed by atoms with Crippen LogP contribution in [0.25, 0.3) is 0 Å². The van der Waals surface area contributed by atoms with Crippen LogP contribution in [0.4, 0.5) is 0 Å². The van der Waals surface area contributed by atoms with E-state index >= 15 is 0 Å². The van der Waals surface area contributed by atoms with Gasteiger partial charge in [0.15, 0.2) is 0 Å². The van der Waals surface area contributed by atoms with E-state index in [0.717, 1.165) is 11.1 Å². The van der Waals surface area contributed by atoms with Crippen molar-refractivity contribution in [2.45, 2.75) is 71.0 Å². The van der Waals surface area contributed by atoms with Gasteiger partial charge in [0.05, 0.1) is 17.6 Å². The molecule has 3 rings (SSSR count). The number of fused-ring (bicyclic) bond motifs is 1. The van der Waals surface area contributed by atoms with Gasteiger partial charge in [0.1, 0.15) is 0 Å². The number of esters is 1. The van der Waals surface area contributed by atoms with Gasteiger partial charge in [-0.25, -0.2) is 0 Å². The zero-order valence-corrected chi connectivity index (χ0v) is 17.4. The Hall–Kier alpha value is -2.34. The van der Waals surface area contributed by atoms with E-state index in [1.807, 2.05) is 24.3 Å². The van der Waals surface area contributed by atoms with E-state index in [1.165, 1.54) is 0 Å². The van der Waals surface area contributed by atoms with Crippen LogP contribution in [0.1, 0.15) is 69.8 Å². The van der Waals surface area contributed by atoms with E-state index in [9.17, 15) is 14.7 Å². The lowest BCUT2D eigenvalue weighted by Crippen LogP contribution is -2.50. The second kappa shape index (κ2) is 6.92. The Labute approximate surface area is 165 Å². The Morgan fingerprint density at radius 2 is 1.82 bits per heavy atom. The number of aliphatic hydroxyl groups is 1. The minimum absolute atomic E-state index is 0.0106. The monoisotopic (exact) mass is 386 g/mol. The van der Waals surface area contributed by atoms with Gasteiger partial charge in [-0.1, -0.05) is 45.0 Å². The molecular formula is C22H30N2O4. The van der Waals surface area contributed by atoms with Crippen molar-refractivity contribution in [3.05, 3.63) is 57.0 Å². The highest BCUT2D eigenvalue weighted by Gasteiger charge is 2.51. The predicted octanol–water partition coefficient (Wildman–Crippen LogP) is 3.01. The SMILES string of the molecule is CC(C)OC(=O)C1C(c2ccc(C(C)(C)C)cc2)c2c([nH][nH]c2=O)CC1(C)O. The Balaban J connectivity index is 2.15. The molecule has 0 amide bonds. The number of H-pyrrole nitrogens is 2. The average molecular weight is 386 g/mol. The van der Waals surface area contributed by atoms with Gasteiger partial charge in [0.2, 0.25) is 0 Å². The molecule has 6 heteroatoms. The summed E-state index contributed by atoms with van der Waals surface area (Å²) in [7, 11) is 0. The van der Waals surface area contributed by atoms with Crippen LogP contribution in [-0.4, -0.2) is 33.0 Å². The Bertz CT molecular complexity index is 913. The third kappa shape index (κ3) is 3.65. The predicted molar refractivity (Wildman–Crippen MR) is 107 cm³/mol. The summed E-state index contributed by atoms with van der Waals surface area (Å²) in [5.74, 6) is -1.95. The summed E-state index contributed by atoms with van der Waals surface area (Å²) in [6, 6.07) is 7.92. The van der Waals surface area contributed by atoms with Crippen LogP contribution < -0.4 is 5.56 Å². The van der Waals surface area contributed by atoms with Gasteiger partial charge >= 0.3 is 5.97 Å². The third-order valence-electron chi connectivity index (χ3n) is 5.49. The number of nitrogens with one attached hydrogen (secondary N) is 2. The number of rotatable bonds is 3. The fourth-order valence-electron chi connectivity index (χ4n) is 4.11. The van der Waals surface area contributed by atoms with Crippen molar-refractivity contribution >= 4 is 5.97 Å². The van der Waals surface area contributed by atoms with Crippen molar-refractivity contribution < 1.29 is 14.6 Å². The number of carbonyl (C=O) groups excluding carboxylic acids is 1. The molecule has 1 aromatic heterocycles. The first-order valence-electron chi connectivity index (χ1n) is 9.74. The van der Waals surface area contributed by atoms with Crippen LogP contribution in [-0.2, 0) is 21.4 Å². The van der Waals surface area contributed by atoms with Crippen LogP contribution in [0, 0.1) is 5.92 Å². The van der Waals surface area contributed by atoms with Crippen LogP contribution in [0.15, 0.2) is 29.1 Å². The number of hydrogen-bond acceptors (Lipinski definition) is 4. The maximum Gasteiger partial charge on any atom is 0.313 e. The molecule has 0 spiro atoms. The molecule has 152 valence electrons. The van der Waals surface area contributed by atoms with Gasteiger partial charge in [-0.2, -0.15) is 0 Å². The molecule has 2 aromatic rings. The second-order valence-corrected chi connectivity index (χ2v) is 9.32. The molecule has 0 saturated heterocycles. The summed E-state index contributed by atoms with van der Waals surface area (Å²) in [5, 5.41) is 16.6. The fraction of sp³-hybridized carbons (Fsp3) is 0.545. The highest BCUT2D eigenvalue weighted by atomic mass is 16.5. The van der Waals surface area contributed by atoms with Crippen molar-refractivity contribution in [3.8, 4) is 0 Å². The van der Waals surface area contributed by atoms with Crippen molar-refractivity contribution in [1.29, 1.82) is 0 Å². The first kappa shape index (κ1) is 20.4. The molecule has 0 saturated carbocycles. The summed E-state index contributed by atoms with van der Waals surface area (Å²) >= 11 is 0. The van der Waals surface area contributed by atoms with Gasteiger partial charge in [-0.15, -0.1) is 0 Å². The standard InChI is InChI=1S/C22H30N2O4/c1-12(2)28-20(26)18-16(13-7-9-14(10-8-13)21(3,4)5)17-15(11-22(18,6)27)23-24-19(17)25/h7-10,12,16,18,27H,11H2,1-6H3,(H2,23,24,25). The van der Waals surface area contributed by atoms with Gasteiger partial charge in [-0.3, -0.25) is 14.7 Å². The van der Waals surface area contributed by atoms with Crippen LogP contribution >= 0.6 is 0 Å². The summed E-state index contributed by atoms with van der Waals surface area (Å²) < 4.78 is 5.47. The van der Waals surface area contributed by atoms with Crippen molar-refractivity contribution in [2.75, 3.05) is 0 Å². The maximum absolute atomic E-state index is 13.0. The van der Waals surface area contributed by atoms with Gasteiger partial charge in [0, 0.05) is 23.6 Å². The van der Waals surface area contributed by atoms with Gasteiger partial charge in [-0.05, 0) is 37.3 Å². The van der Waals surface area contributed by atoms with E-state index in [4.69, 9.17) is 4.74 Å². The van der Waals surface area contributed by atoms with E-state index in [2.05, 4.69) is 31.0 Å². The third-order valence-corrected chi connectivity index (χ3v) is 5.49. The zero-order chi connectivity index (χ0) is 20.9. The minimum Gasteiger partial charge on any atom is -0.463 e. The number of aromatic amines is 2. The number of ether oxygens (including phenoxy) is 1. The Kier molecular flexibility index (Phi) is 5.04. The summed E-state index contributed by atoms with van der Waals surface area (Å²) in [4.78, 5) is 25.5. The first-order valence-corrected chi connectivity index (χ1v) is 9.74. The number of hydrogen-bond donors (Lipinski definition) is 3. The lowest BCUT2D eigenvalue weighted by Gasteiger charge is -2.40. The fourth-order valence-corrected chi connectivity index (χ4v) is 4.11. The molecule has 3 N–H and O–H groups in total. The van der Waals surface area contributed by atoms with Crippen LogP contribution in [0.5, 0.6) is 0 Å². The van der Waals surface area contributed by atoms with Crippen LogP contribution in [0.3, 0.4) is 0 Å². The highest BCUT2D eigenvalue weighted by Crippen LogP contribution is 2.44. The Morgan fingerprint density at radius 1 is 1.21 bits per heavy atom. The smallest absolute Gasteiger partial charge is 0.313 e. The van der Waals surface area contributed by atoms with E-state index in [0.29, 0.717) is 11.3 Å². The number of carbonyl (C=O) groups is 1. The Morgan fingerprint density at radius 3 is 2.36 bits per heavy atom. The van der Waals surface area contributed by atoms with E-state index in [-0.39, 0.29) is 23.5 Å². The zero-order valence-electron chi connectivity index (χ0n) is 17.4. The largest absolute Gasteiger partial charge is 0.463 e. The number of benzene rings is 1. The quantitative estimate of drug-likeness (QED) is 0.707. The van der Waals surface area contributed by atoms with Crippen molar-refractivity contribution in [3.63, 3.8) is 0 Å². The lowest BCUT2D eigenvalue weighted by molar-refractivity contribution is -0.163. The van der Waals surface area contributed by atoms with Crippen molar-refractivity contribution in [2.24, 2.45) is 5.92 Å². The first-order chi connectivity index (χ1) is 12.9. The molecule has 3 atom stereocenters. The minimum atomic E-state index is -1.35. The molecule has 1 aliphatic rings. The van der Waals surface area contributed by atoms with Gasteiger partial charge in [0.25, 0.3) is 5.56 Å². The number of aromatic nitrogens is 2. The average Bonchev–Trinajstić information content (AvgIpc) is 2.91. The molecule has 1 heterocycles. The second-order valence-electron chi connectivity index (χ2n) is 9.32. The van der Waals surface area contributed by atoms with Crippen molar-refractivity contribution in [1.82, 2.24) is 10.2 Å². The van der Waals surface area contributed by atoms with Crippen LogP contribution in [0.2, 0.25) is 0 Å². The molecule has 3 unspecified atom stereocenters. The lowest BCUT2D eigenvalue weighted by atomic mass is 9.66. The molecule has 0 aliphatic heterocycles. The molecule has 0 fully saturated rings. The normalized spacial score (nSPS) is 24.9. The van der Waals surface area contributed by atoms with Gasteiger partial charge < -0.3 is 14.9 Å². The highest BCUT2D eigenvalue weighted by molar-refractivity contribution is 5.77. The molecular weight excluding hydrogens is 356 g/mol. The maximum atomic E-state index is 13.0. The molecule has 6 nitrogen and oxygen atoms in total. The molecule has 1 aromatic carbocycles.